The number of carbonyl (C=O) groups is 2. The highest BCUT2D eigenvalue weighted by molar-refractivity contribution is 7.16. The molecule has 31 heavy (non-hydrogen) atoms. The molecule has 0 unspecified atom stereocenters. The van der Waals surface area contributed by atoms with E-state index < -0.39 is 0 Å². The molecule has 164 valence electrons. The summed E-state index contributed by atoms with van der Waals surface area (Å²) in [5, 5.41) is 3.95. The smallest absolute Gasteiger partial charge is 0.246 e. The van der Waals surface area contributed by atoms with Gasteiger partial charge in [-0.05, 0) is 61.6 Å². The van der Waals surface area contributed by atoms with Crippen LogP contribution < -0.4 is 5.32 Å². The number of piperidine rings is 1. The highest BCUT2D eigenvalue weighted by Gasteiger charge is 2.26. The lowest BCUT2D eigenvalue weighted by atomic mass is 9.88. The minimum atomic E-state index is 0.0403. The number of benzene rings is 1. The SMILES string of the molecule is O=C(NC1CCN(C(=O)/C=C/c2ccc(-c3ccc(Cl)cc3)s2)CC1)C1CCCCC1. The van der Waals surface area contributed by atoms with Gasteiger partial charge in [0.15, 0.2) is 0 Å². The molecule has 2 aromatic rings. The van der Waals surface area contributed by atoms with Gasteiger partial charge < -0.3 is 10.2 Å². The van der Waals surface area contributed by atoms with Crippen molar-refractivity contribution in [2.75, 3.05) is 13.1 Å². The van der Waals surface area contributed by atoms with E-state index in [1.54, 1.807) is 17.4 Å². The molecular weight excluding hydrogens is 428 g/mol. The zero-order valence-corrected chi connectivity index (χ0v) is 19.3. The number of likely N-dealkylation sites (tertiary alicyclic amines) is 1. The maximum atomic E-state index is 12.6. The second kappa shape index (κ2) is 10.5. The molecule has 4 nitrogen and oxygen atoms in total. The second-order valence-corrected chi connectivity index (χ2v) is 10.0. The first-order valence-corrected chi connectivity index (χ1v) is 12.4. The summed E-state index contributed by atoms with van der Waals surface area (Å²) in [6, 6.07) is 12.1. The monoisotopic (exact) mass is 456 g/mol. The van der Waals surface area contributed by atoms with Crippen LogP contribution in [-0.4, -0.2) is 35.8 Å². The molecule has 1 aromatic carbocycles. The van der Waals surface area contributed by atoms with Crippen LogP contribution in [0.4, 0.5) is 0 Å². The third-order valence-electron chi connectivity index (χ3n) is 6.27. The molecule has 1 aliphatic carbocycles. The molecule has 4 rings (SSSR count). The van der Waals surface area contributed by atoms with Crippen LogP contribution in [0.25, 0.3) is 16.5 Å². The Hall–Kier alpha value is -2.11. The van der Waals surface area contributed by atoms with Crippen LogP contribution in [0.1, 0.15) is 49.8 Å². The van der Waals surface area contributed by atoms with Crippen molar-refractivity contribution >= 4 is 40.8 Å². The standard InChI is InChI=1S/C25H29ClN2O2S/c26-20-8-6-18(7-9-20)23-12-10-22(31-23)11-13-24(29)28-16-14-21(15-17-28)27-25(30)19-4-2-1-3-5-19/h6-13,19,21H,1-5,14-17H2,(H,27,30)/b13-11+. The Morgan fingerprint density at radius 3 is 2.39 bits per heavy atom. The van der Waals surface area contributed by atoms with Crippen LogP contribution in [-0.2, 0) is 9.59 Å². The summed E-state index contributed by atoms with van der Waals surface area (Å²) >= 11 is 7.61. The molecule has 1 aliphatic heterocycles. The molecule has 0 atom stereocenters. The van der Waals surface area contributed by atoms with Crippen molar-refractivity contribution in [3.8, 4) is 10.4 Å². The van der Waals surface area contributed by atoms with E-state index >= 15 is 0 Å². The Bertz CT molecular complexity index is 923. The highest BCUT2D eigenvalue weighted by Crippen LogP contribution is 2.30. The molecule has 1 N–H and O–H groups in total. The average molecular weight is 457 g/mol. The number of nitrogens with one attached hydrogen (secondary N) is 1. The van der Waals surface area contributed by atoms with Gasteiger partial charge in [0, 0.05) is 45.9 Å². The van der Waals surface area contributed by atoms with Gasteiger partial charge in [0.25, 0.3) is 0 Å². The molecule has 6 heteroatoms. The number of nitrogens with zero attached hydrogens (tertiary/aromatic N) is 1. The van der Waals surface area contributed by atoms with E-state index in [0.29, 0.717) is 13.1 Å². The maximum Gasteiger partial charge on any atom is 0.246 e. The number of amides is 2. The lowest BCUT2D eigenvalue weighted by molar-refractivity contribution is -0.128. The van der Waals surface area contributed by atoms with Gasteiger partial charge in [0.05, 0.1) is 0 Å². The first-order valence-electron chi connectivity index (χ1n) is 11.2. The van der Waals surface area contributed by atoms with Gasteiger partial charge in [-0.3, -0.25) is 9.59 Å². The van der Waals surface area contributed by atoms with Crippen molar-refractivity contribution < 1.29 is 9.59 Å². The van der Waals surface area contributed by atoms with Crippen molar-refractivity contribution in [1.82, 2.24) is 10.2 Å². The topological polar surface area (TPSA) is 49.4 Å². The van der Waals surface area contributed by atoms with Crippen LogP contribution >= 0.6 is 22.9 Å². The van der Waals surface area contributed by atoms with E-state index in [2.05, 4.69) is 11.4 Å². The number of carbonyl (C=O) groups excluding carboxylic acids is 2. The predicted octanol–water partition coefficient (Wildman–Crippen LogP) is 5.77. The third-order valence-corrected chi connectivity index (χ3v) is 7.63. The number of halogens is 1. The largest absolute Gasteiger partial charge is 0.353 e. The summed E-state index contributed by atoms with van der Waals surface area (Å²) in [7, 11) is 0. The van der Waals surface area contributed by atoms with Crippen molar-refractivity contribution in [3.63, 3.8) is 0 Å². The van der Waals surface area contributed by atoms with Crippen molar-refractivity contribution in [3.05, 3.63) is 52.4 Å². The number of rotatable bonds is 5. The van der Waals surface area contributed by atoms with E-state index in [-0.39, 0.29) is 23.8 Å². The summed E-state index contributed by atoms with van der Waals surface area (Å²) < 4.78 is 0. The third kappa shape index (κ3) is 5.98. The fraction of sp³-hybridized carbons (Fsp3) is 0.440. The fourth-order valence-corrected chi connectivity index (χ4v) is 5.44. The van der Waals surface area contributed by atoms with Crippen molar-refractivity contribution in [1.29, 1.82) is 0 Å². The van der Waals surface area contributed by atoms with Crippen LogP contribution in [0.15, 0.2) is 42.5 Å². The lowest BCUT2D eigenvalue weighted by Crippen LogP contribution is -2.47. The summed E-state index contributed by atoms with van der Waals surface area (Å²) in [5.74, 6) is 0.456. The molecule has 2 amide bonds. The van der Waals surface area contributed by atoms with Crippen LogP contribution in [0.3, 0.4) is 0 Å². The molecule has 2 heterocycles. The zero-order chi connectivity index (χ0) is 21.6. The number of hydrogen-bond donors (Lipinski definition) is 1. The summed E-state index contributed by atoms with van der Waals surface area (Å²) in [5.41, 5.74) is 1.12. The fourth-order valence-electron chi connectivity index (χ4n) is 4.40. The van der Waals surface area contributed by atoms with Crippen molar-refractivity contribution in [2.24, 2.45) is 5.92 Å². The van der Waals surface area contributed by atoms with Crippen molar-refractivity contribution in [2.45, 2.75) is 51.0 Å². The first-order chi connectivity index (χ1) is 15.1. The van der Waals surface area contributed by atoms with Crippen LogP contribution in [0.2, 0.25) is 5.02 Å². The quantitative estimate of drug-likeness (QED) is 0.580. The molecule has 0 bridgehead atoms. The second-order valence-electron chi connectivity index (χ2n) is 8.49. The van der Waals surface area contributed by atoms with Gasteiger partial charge in [-0.1, -0.05) is 43.0 Å². The van der Waals surface area contributed by atoms with Gasteiger partial charge in [0.2, 0.25) is 11.8 Å². The number of hydrogen-bond acceptors (Lipinski definition) is 3. The minimum absolute atomic E-state index is 0.0403. The van der Waals surface area contributed by atoms with Gasteiger partial charge in [-0.2, -0.15) is 0 Å². The molecule has 2 fully saturated rings. The molecule has 0 radical (unpaired) electrons. The molecule has 0 spiro atoms. The molecule has 1 saturated heterocycles. The van der Waals surface area contributed by atoms with Crippen LogP contribution in [0.5, 0.6) is 0 Å². The molecule has 1 aromatic heterocycles. The lowest BCUT2D eigenvalue weighted by Gasteiger charge is -2.33. The minimum Gasteiger partial charge on any atom is -0.353 e. The van der Waals surface area contributed by atoms with Gasteiger partial charge in [0.1, 0.15) is 0 Å². The van der Waals surface area contributed by atoms with Crippen LogP contribution in [0, 0.1) is 5.92 Å². The molecule has 2 aliphatic rings. The number of thiophene rings is 1. The Morgan fingerprint density at radius 2 is 1.68 bits per heavy atom. The maximum absolute atomic E-state index is 12.6. The highest BCUT2D eigenvalue weighted by atomic mass is 35.5. The zero-order valence-electron chi connectivity index (χ0n) is 17.7. The Kier molecular flexibility index (Phi) is 7.46. The Morgan fingerprint density at radius 1 is 0.968 bits per heavy atom. The van der Waals surface area contributed by atoms with Gasteiger partial charge >= 0.3 is 0 Å². The predicted molar refractivity (Wildman–Crippen MR) is 128 cm³/mol. The van der Waals surface area contributed by atoms with Gasteiger partial charge in [-0.25, -0.2) is 0 Å². The van der Waals surface area contributed by atoms with E-state index in [1.807, 2.05) is 41.3 Å². The normalized spacial score (nSPS) is 18.4. The van der Waals surface area contributed by atoms with E-state index in [1.165, 1.54) is 19.3 Å². The Balaban J connectivity index is 1.25. The summed E-state index contributed by atoms with van der Waals surface area (Å²) in [4.78, 5) is 29.1. The molecular formula is C25H29ClN2O2S. The average Bonchev–Trinajstić information content (AvgIpc) is 3.28. The Labute approximate surface area is 193 Å². The van der Waals surface area contributed by atoms with E-state index in [4.69, 9.17) is 11.6 Å². The molecule has 1 saturated carbocycles. The first kappa shape index (κ1) is 22.1. The summed E-state index contributed by atoms with van der Waals surface area (Å²) in [6.07, 6.45) is 10.9. The van der Waals surface area contributed by atoms with Gasteiger partial charge in [-0.15, -0.1) is 11.3 Å². The van der Waals surface area contributed by atoms with E-state index in [9.17, 15) is 9.59 Å². The summed E-state index contributed by atoms with van der Waals surface area (Å²) in [6.45, 7) is 1.39. The van der Waals surface area contributed by atoms with E-state index in [0.717, 1.165) is 46.0 Å².